The zero-order valence-corrected chi connectivity index (χ0v) is 24.5. The van der Waals surface area contributed by atoms with E-state index in [4.69, 9.17) is 33.0 Å². The molecule has 1 aliphatic carbocycles. The maximum atomic E-state index is 13.2. The highest BCUT2D eigenvalue weighted by Gasteiger charge is 2.50. The molecule has 3 atom stereocenters. The molecular weight excluding hydrogens is 543 g/mol. The third-order valence-corrected chi connectivity index (χ3v) is 8.90. The highest BCUT2D eigenvalue weighted by Crippen LogP contribution is 2.58. The van der Waals surface area contributed by atoms with Gasteiger partial charge < -0.3 is 10.1 Å². The first-order valence-electron chi connectivity index (χ1n) is 13.5. The van der Waals surface area contributed by atoms with E-state index in [1.165, 1.54) is 5.56 Å². The molecule has 1 amide bonds. The predicted octanol–water partition coefficient (Wildman–Crippen LogP) is 7.13. The van der Waals surface area contributed by atoms with Gasteiger partial charge >= 0.3 is 0 Å². The minimum absolute atomic E-state index is 0.0588. The first-order chi connectivity index (χ1) is 19.3. The van der Waals surface area contributed by atoms with Crippen LogP contribution < -0.4 is 5.32 Å². The van der Waals surface area contributed by atoms with Crippen molar-refractivity contribution in [2.24, 2.45) is 11.3 Å². The van der Waals surface area contributed by atoms with Crippen molar-refractivity contribution in [1.82, 2.24) is 20.1 Å². The minimum atomic E-state index is -0.117. The number of nitrogens with one attached hydrogen (secondary N) is 1. The standard InChI is InChI=1S/C32H34Cl2N4O2/c1-32(2)23(16-31(39)36-24(20-40-3)14-21-8-5-4-6-9-21)15-26(32)30-18-29(22-10-7-13-35-19-22)37-38(30)25-11-12-27(33)28(34)17-25/h4-13,17-19,23-24,26H,14-16,20H2,1-3H3,(H,36,39)/t23-,24+,26-/m1/s1. The van der Waals surface area contributed by atoms with Crippen molar-refractivity contribution in [1.29, 1.82) is 0 Å². The quantitative estimate of drug-likeness (QED) is 0.218. The summed E-state index contributed by atoms with van der Waals surface area (Å²) in [5, 5.41) is 9.15. The summed E-state index contributed by atoms with van der Waals surface area (Å²) in [6, 6.07) is 21.7. The molecular formula is C32H34Cl2N4O2. The van der Waals surface area contributed by atoms with E-state index in [1.807, 2.05) is 53.3 Å². The van der Waals surface area contributed by atoms with Crippen LogP contribution in [0.2, 0.25) is 10.0 Å². The van der Waals surface area contributed by atoms with E-state index >= 15 is 0 Å². The van der Waals surface area contributed by atoms with Gasteiger partial charge in [0.1, 0.15) is 0 Å². The molecule has 0 spiro atoms. The van der Waals surface area contributed by atoms with Gasteiger partial charge in [-0.25, -0.2) is 4.68 Å². The van der Waals surface area contributed by atoms with Gasteiger partial charge in [0.05, 0.1) is 34.1 Å². The van der Waals surface area contributed by atoms with E-state index in [9.17, 15) is 4.79 Å². The van der Waals surface area contributed by atoms with Crippen molar-refractivity contribution in [3.05, 3.63) is 100 Å². The zero-order chi connectivity index (χ0) is 28.3. The molecule has 2 aromatic carbocycles. The monoisotopic (exact) mass is 576 g/mol. The molecule has 40 heavy (non-hydrogen) atoms. The Hall–Kier alpha value is -3.19. The van der Waals surface area contributed by atoms with Crippen LogP contribution in [0.4, 0.5) is 0 Å². The summed E-state index contributed by atoms with van der Waals surface area (Å²) in [5.74, 6) is 0.497. The van der Waals surface area contributed by atoms with E-state index in [0.29, 0.717) is 23.1 Å². The third kappa shape index (κ3) is 6.09. The summed E-state index contributed by atoms with van der Waals surface area (Å²) < 4.78 is 7.36. The van der Waals surface area contributed by atoms with Gasteiger partial charge in [-0.1, -0.05) is 67.4 Å². The second kappa shape index (κ2) is 12.1. The van der Waals surface area contributed by atoms with E-state index in [1.54, 1.807) is 19.4 Å². The van der Waals surface area contributed by atoms with Gasteiger partial charge in [0.2, 0.25) is 5.91 Å². The minimum Gasteiger partial charge on any atom is -0.383 e. The normalized spacial score (nSPS) is 18.6. The van der Waals surface area contributed by atoms with Gasteiger partial charge in [0, 0.05) is 43.1 Å². The fourth-order valence-corrected chi connectivity index (χ4v) is 6.04. The number of nitrogens with zero attached hydrogens (tertiary/aromatic N) is 3. The topological polar surface area (TPSA) is 69.0 Å². The molecule has 1 aliphatic rings. The first-order valence-corrected chi connectivity index (χ1v) is 14.3. The van der Waals surface area contributed by atoms with Gasteiger partial charge in [-0.15, -0.1) is 0 Å². The zero-order valence-electron chi connectivity index (χ0n) is 23.0. The maximum Gasteiger partial charge on any atom is 0.220 e. The molecule has 0 saturated heterocycles. The fraction of sp³-hybridized carbons (Fsp3) is 0.344. The second-order valence-corrected chi connectivity index (χ2v) is 11.9. The van der Waals surface area contributed by atoms with Gasteiger partial charge in [-0.2, -0.15) is 5.10 Å². The Labute approximate surface area is 245 Å². The van der Waals surface area contributed by atoms with Crippen LogP contribution >= 0.6 is 23.2 Å². The van der Waals surface area contributed by atoms with Crippen LogP contribution in [0.15, 0.2) is 79.1 Å². The Morgan fingerprint density at radius 1 is 1.10 bits per heavy atom. The fourth-order valence-electron chi connectivity index (χ4n) is 5.75. The van der Waals surface area contributed by atoms with Gasteiger partial charge in [-0.3, -0.25) is 9.78 Å². The van der Waals surface area contributed by atoms with Crippen LogP contribution in [0.3, 0.4) is 0 Å². The number of pyridine rings is 1. The number of halogens is 2. The van der Waals surface area contributed by atoms with Crippen molar-refractivity contribution >= 4 is 29.1 Å². The van der Waals surface area contributed by atoms with E-state index in [-0.39, 0.29) is 29.2 Å². The molecule has 6 nitrogen and oxygen atoms in total. The Kier molecular flexibility index (Phi) is 8.60. The SMILES string of the molecule is COC[C@H](Cc1ccccc1)NC(=O)C[C@H]1C[C@H](c2cc(-c3cccnc3)nn2-c2ccc(Cl)c(Cl)c2)C1(C)C. The van der Waals surface area contributed by atoms with Crippen molar-refractivity contribution in [3.63, 3.8) is 0 Å². The molecule has 5 rings (SSSR count). The van der Waals surface area contributed by atoms with Crippen molar-refractivity contribution in [2.75, 3.05) is 13.7 Å². The lowest BCUT2D eigenvalue weighted by atomic mass is 9.52. The number of aromatic nitrogens is 3. The molecule has 1 N–H and O–H groups in total. The van der Waals surface area contributed by atoms with E-state index < -0.39 is 0 Å². The Bertz CT molecular complexity index is 1460. The Morgan fingerprint density at radius 2 is 1.90 bits per heavy atom. The summed E-state index contributed by atoms with van der Waals surface area (Å²) in [4.78, 5) is 17.5. The van der Waals surface area contributed by atoms with Crippen LogP contribution in [-0.4, -0.2) is 40.4 Å². The lowest BCUT2D eigenvalue weighted by molar-refractivity contribution is -0.126. The summed E-state index contributed by atoms with van der Waals surface area (Å²) in [5.41, 5.74) is 4.77. The molecule has 8 heteroatoms. The smallest absolute Gasteiger partial charge is 0.220 e. The number of methoxy groups -OCH3 is 1. The third-order valence-electron chi connectivity index (χ3n) is 8.16. The number of carbonyl (C=O) groups is 1. The van der Waals surface area contributed by atoms with Crippen molar-refractivity contribution in [2.45, 2.75) is 45.1 Å². The second-order valence-electron chi connectivity index (χ2n) is 11.1. The average molecular weight is 578 g/mol. The highest BCUT2D eigenvalue weighted by atomic mass is 35.5. The van der Waals surface area contributed by atoms with E-state index in [2.05, 4.69) is 42.3 Å². The molecule has 0 bridgehead atoms. The lowest BCUT2D eigenvalue weighted by Crippen LogP contribution is -2.47. The summed E-state index contributed by atoms with van der Waals surface area (Å²) in [7, 11) is 1.67. The van der Waals surface area contributed by atoms with Crippen molar-refractivity contribution < 1.29 is 9.53 Å². The molecule has 2 heterocycles. The maximum absolute atomic E-state index is 13.2. The van der Waals surface area contributed by atoms with Crippen LogP contribution in [0.25, 0.3) is 16.9 Å². The Balaban J connectivity index is 1.34. The number of amides is 1. The molecule has 4 aromatic rings. The average Bonchev–Trinajstić information content (AvgIpc) is 3.38. The van der Waals surface area contributed by atoms with Gasteiger partial charge in [-0.05, 0) is 66.1 Å². The first kappa shape index (κ1) is 28.3. The van der Waals surface area contributed by atoms with Crippen molar-refractivity contribution in [3.8, 4) is 16.9 Å². The Morgan fingerprint density at radius 3 is 2.58 bits per heavy atom. The lowest BCUT2D eigenvalue weighted by Gasteiger charge is -2.52. The van der Waals surface area contributed by atoms with Crippen LogP contribution in [0.1, 0.15) is 43.9 Å². The molecule has 208 valence electrons. The van der Waals surface area contributed by atoms with Crippen LogP contribution in [0, 0.1) is 11.3 Å². The highest BCUT2D eigenvalue weighted by molar-refractivity contribution is 6.42. The molecule has 2 aromatic heterocycles. The summed E-state index contributed by atoms with van der Waals surface area (Å²) >= 11 is 12.6. The number of ether oxygens (including phenoxy) is 1. The molecule has 0 aliphatic heterocycles. The summed E-state index contributed by atoms with van der Waals surface area (Å²) in [6.07, 6.45) is 5.65. The number of benzene rings is 2. The van der Waals surface area contributed by atoms with Gasteiger partial charge in [0.25, 0.3) is 0 Å². The number of hydrogen-bond donors (Lipinski definition) is 1. The largest absolute Gasteiger partial charge is 0.383 e. The number of carbonyl (C=O) groups excluding carboxylic acids is 1. The number of hydrogen-bond acceptors (Lipinski definition) is 4. The van der Waals surface area contributed by atoms with Crippen LogP contribution in [-0.2, 0) is 16.0 Å². The molecule has 1 fully saturated rings. The van der Waals surface area contributed by atoms with Crippen LogP contribution in [0.5, 0.6) is 0 Å². The molecule has 1 saturated carbocycles. The predicted molar refractivity (Wildman–Crippen MR) is 160 cm³/mol. The summed E-state index contributed by atoms with van der Waals surface area (Å²) in [6.45, 7) is 4.95. The van der Waals surface area contributed by atoms with Gasteiger partial charge in [0.15, 0.2) is 0 Å². The molecule has 0 radical (unpaired) electrons. The molecule has 0 unspecified atom stereocenters. The number of rotatable bonds is 10. The van der Waals surface area contributed by atoms with E-state index in [0.717, 1.165) is 35.5 Å².